The second-order valence-corrected chi connectivity index (χ2v) is 23.9. The van der Waals surface area contributed by atoms with Gasteiger partial charge < -0.3 is 100 Å². The van der Waals surface area contributed by atoms with Crippen molar-refractivity contribution in [2.75, 3.05) is 31.7 Å². The number of carboxylic acid groups (broad SMARTS) is 2. The first kappa shape index (κ1) is 77.7. The summed E-state index contributed by atoms with van der Waals surface area (Å²) in [6, 6.07) is -10.4. The maximum absolute atomic E-state index is 14.7. The van der Waals surface area contributed by atoms with Crippen LogP contribution in [0.25, 0.3) is 0 Å². The smallest absolute Gasteiger partial charge is 0.326 e. The molecule has 35 heteroatoms. The summed E-state index contributed by atoms with van der Waals surface area (Å²) in [6.45, 7) is 5.63. The third kappa shape index (κ3) is 24.6. The number of carbonyl (C=O) groups excluding carboxylic acids is 13. The lowest BCUT2D eigenvalue weighted by Gasteiger charge is -2.33. The monoisotopic (exact) mass is 1320 g/mol. The van der Waals surface area contributed by atoms with Crippen LogP contribution in [-0.4, -0.2) is 240 Å². The van der Waals surface area contributed by atoms with Gasteiger partial charge in [-0.1, -0.05) is 44.2 Å². The third-order valence-corrected chi connectivity index (χ3v) is 15.5. The number of nitrogens with one attached hydrogen (secondary N) is 9. The van der Waals surface area contributed by atoms with E-state index in [1.807, 2.05) is 6.26 Å². The number of benzene rings is 1. The molecule has 0 unspecified atom stereocenters. The van der Waals surface area contributed by atoms with E-state index in [1.54, 1.807) is 44.2 Å². The van der Waals surface area contributed by atoms with E-state index in [0.717, 1.165) is 13.8 Å². The molecule has 0 spiro atoms. The average Bonchev–Trinajstić information content (AvgIpc) is 1.62. The second-order valence-electron chi connectivity index (χ2n) is 22.9. The standard InChI is InChI=1S/C57H88N14O20S/c1-27(2)22-37(57(90)91)66-50(83)34(24-41(59)75)63-46(79)28(3)61-48(81)33(16-17-43(77)78)62-49(82)35(25-42(60)76)64-51(84)38(26-72)67-54(87)44(29(4)73)68-53(86)40-15-10-19-70(40)55(88)36(23-31-12-8-7-9-13-31)65-52(85)39-14-11-20-71(39)56(89)45(30(5)74)69-47(80)32(58)18-21-92-6/h7-9,12-13,27-30,32-40,44-45,72-74H,10-11,14-26,58H2,1-6H3,(H2,59,75)(H2,60,76)(H,61,81)(H,62,82)(H,63,79)(H,64,84)(H,65,85)(H,66,83)(H,67,87)(H,68,86)(H,69,80)(H,77,78)(H,90,91)/t28-,29+,30+,32-,33-,34-,35-,36-,37-,38-,39-,40-,44-,45-/m0/s1. The Hall–Kier alpha value is -8.54. The summed E-state index contributed by atoms with van der Waals surface area (Å²) in [6.07, 6.45) is -3.72. The summed E-state index contributed by atoms with van der Waals surface area (Å²) in [7, 11) is 0. The number of aliphatic carboxylic acids is 2. The Morgan fingerprint density at radius 2 is 1.03 bits per heavy atom. The minimum Gasteiger partial charge on any atom is -0.481 e. The first-order valence-electron chi connectivity index (χ1n) is 29.8. The maximum Gasteiger partial charge on any atom is 0.326 e. The van der Waals surface area contributed by atoms with Crippen LogP contribution in [0, 0.1) is 5.92 Å². The normalized spacial score (nSPS) is 18.4. The molecule has 0 aromatic heterocycles. The molecule has 2 aliphatic heterocycles. The van der Waals surface area contributed by atoms with Crippen LogP contribution in [0.2, 0.25) is 0 Å². The Balaban J connectivity index is 1.79. The molecular formula is C57H88N14O20S. The van der Waals surface area contributed by atoms with E-state index in [4.69, 9.17) is 17.2 Å². The second kappa shape index (κ2) is 37.7. The fraction of sp³-hybridized carbons (Fsp3) is 0.632. The highest BCUT2D eigenvalue weighted by Gasteiger charge is 2.44. The highest BCUT2D eigenvalue weighted by Crippen LogP contribution is 2.23. The summed E-state index contributed by atoms with van der Waals surface area (Å²) < 4.78 is 0. The van der Waals surface area contributed by atoms with E-state index in [2.05, 4.69) is 47.9 Å². The lowest BCUT2D eigenvalue weighted by atomic mass is 10.0. The van der Waals surface area contributed by atoms with E-state index < -0.39 is 206 Å². The zero-order valence-electron chi connectivity index (χ0n) is 52.0. The number of primary amides is 2. The molecule has 0 aliphatic carbocycles. The number of carboxylic acids is 2. The van der Waals surface area contributed by atoms with Crippen molar-refractivity contribution in [2.24, 2.45) is 23.1 Å². The Kier molecular flexibility index (Phi) is 31.8. The fourth-order valence-electron chi connectivity index (χ4n) is 9.98. The topological polar surface area (TPSA) is 550 Å². The molecule has 20 N–H and O–H groups in total. The lowest BCUT2D eigenvalue weighted by molar-refractivity contribution is -0.146. The van der Waals surface area contributed by atoms with Crippen molar-refractivity contribution in [1.29, 1.82) is 0 Å². The van der Waals surface area contributed by atoms with E-state index >= 15 is 0 Å². The van der Waals surface area contributed by atoms with Gasteiger partial charge in [0, 0.05) is 25.9 Å². The average molecular weight is 1320 g/mol. The van der Waals surface area contributed by atoms with Gasteiger partial charge in [0.2, 0.25) is 76.8 Å². The van der Waals surface area contributed by atoms with Gasteiger partial charge in [-0.2, -0.15) is 11.8 Å². The number of aliphatic hydroxyl groups is 3. The number of amides is 13. The van der Waals surface area contributed by atoms with Crippen LogP contribution in [0.5, 0.6) is 0 Å². The number of aliphatic hydroxyl groups excluding tert-OH is 3. The molecule has 0 bridgehead atoms. The highest BCUT2D eigenvalue weighted by molar-refractivity contribution is 7.98. The minimum absolute atomic E-state index is 0.0176. The highest BCUT2D eigenvalue weighted by atomic mass is 32.2. The van der Waals surface area contributed by atoms with Crippen molar-refractivity contribution < 1.29 is 97.5 Å². The SMILES string of the molecule is CSCC[C@H](N)C(=O)N[C@H](C(=O)N1CCC[C@H]1C(=O)N[C@@H](Cc1ccccc1)C(=O)N1CCC[C@H]1C(=O)N[C@H](C(=O)N[C@@H](CO)C(=O)N[C@@H](CC(N)=O)C(=O)N[C@@H](CCC(=O)O)C(=O)N[C@@H](C)C(=O)N[C@@H](CC(N)=O)C(=O)N[C@@H](CC(C)C)C(=O)O)[C@@H](C)O)[C@@H](C)O. The molecule has 1 aromatic rings. The zero-order chi connectivity index (χ0) is 69.3. The molecule has 1 aromatic carbocycles. The van der Waals surface area contributed by atoms with Crippen molar-refractivity contribution >= 4 is 100 Å². The minimum atomic E-state index is -2.03. The predicted octanol–water partition coefficient (Wildman–Crippen LogP) is -6.83. The molecule has 14 atom stereocenters. The number of carbonyl (C=O) groups is 15. The van der Waals surface area contributed by atoms with E-state index in [-0.39, 0.29) is 51.1 Å². The fourth-order valence-corrected chi connectivity index (χ4v) is 10.5. The molecule has 2 heterocycles. The first-order chi connectivity index (χ1) is 43.2. The summed E-state index contributed by atoms with van der Waals surface area (Å²) >= 11 is 1.46. The van der Waals surface area contributed by atoms with Crippen molar-refractivity contribution in [3.8, 4) is 0 Å². The quantitative estimate of drug-likeness (QED) is 0.0293. The van der Waals surface area contributed by atoms with Crippen molar-refractivity contribution in [1.82, 2.24) is 57.7 Å². The lowest BCUT2D eigenvalue weighted by Crippen LogP contribution is -2.62. The summed E-state index contributed by atoms with van der Waals surface area (Å²) in [5.74, 6) is -16.3. The molecule has 92 heavy (non-hydrogen) atoms. The Morgan fingerprint density at radius 1 is 0.554 bits per heavy atom. The van der Waals surface area contributed by atoms with E-state index in [1.165, 1.54) is 28.5 Å². The molecule has 2 aliphatic rings. The van der Waals surface area contributed by atoms with E-state index in [9.17, 15) is 97.5 Å². The molecule has 3 rings (SSSR count). The molecule has 2 saturated heterocycles. The van der Waals surface area contributed by atoms with Gasteiger partial charge in [0.1, 0.15) is 66.5 Å². The maximum atomic E-state index is 14.7. The Bertz CT molecular complexity index is 2820. The Labute approximate surface area is 534 Å². The molecule has 2 fully saturated rings. The van der Waals surface area contributed by atoms with Gasteiger partial charge in [0.25, 0.3) is 0 Å². The van der Waals surface area contributed by atoms with Gasteiger partial charge in [-0.15, -0.1) is 0 Å². The summed E-state index contributed by atoms with van der Waals surface area (Å²) in [5.41, 5.74) is 17.2. The number of thioether (sulfide) groups is 1. The molecule has 512 valence electrons. The number of nitrogens with two attached hydrogens (primary N) is 3. The molecule has 0 radical (unpaired) electrons. The van der Waals surface area contributed by atoms with Gasteiger partial charge in [-0.3, -0.25) is 67.1 Å². The van der Waals surface area contributed by atoms with Crippen molar-refractivity contribution in [2.45, 2.75) is 190 Å². The zero-order valence-corrected chi connectivity index (χ0v) is 52.9. The van der Waals surface area contributed by atoms with Crippen molar-refractivity contribution in [3.05, 3.63) is 35.9 Å². The van der Waals surface area contributed by atoms with Gasteiger partial charge in [0.05, 0.1) is 37.7 Å². The number of hydrogen-bond donors (Lipinski definition) is 17. The molecule has 0 saturated carbocycles. The Morgan fingerprint density at radius 3 is 1.52 bits per heavy atom. The molecular weight excluding hydrogens is 1230 g/mol. The van der Waals surface area contributed by atoms with Crippen LogP contribution < -0.4 is 65.1 Å². The van der Waals surface area contributed by atoms with Gasteiger partial charge >= 0.3 is 11.9 Å². The number of hydrogen-bond acceptors (Lipinski definition) is 20. The summed E-state index contributed by atoms with van der Waals surface area (Å²) in [5, 5.41) is 71.4. The molecule has 13 amide bonds. The van der Waals surface area contributed by atoms with Crippen LogP contribution >= 0.6 is 11.8 Å². The molecule has 34 nitrogen and oxygen atoms in total. The first-order valence-corrected chi connectivity index (χ1v) is 31.2. The third-order valence-electron chi connectivity index (χ3n) is 14.9. The van der Waals surface area contributed by atoms with Gasteiger partial charge in [-0.25, -0.2) is 4.79 Å². The number of likely N-dealkylation sites (tertiary alicyclic amines) is 2. The van der Waals surface area contributed by atoms with E-state index in [0.29, 0.717) is 24.2 Å². The van der Waals surface area contributed by atoms with Crippen LogP contribution in [0.3, 0.4) is 0 Å². The predicted molar refractivity (Wildman–Crippen MR) is 326 cm³/mol. The van der Waals surface area contributed by atoms with Crippen molar-refractivity contribution in [3.63, 3.8) is 0 Å². The van der Waals surface area contributed by atoms with Gasteiger partial charge in [-0.05, 0) is 89.2 Å². The van der Waals surface area contributed by atoms with Crippen LogP contribution in [0.15, 0.2) is 30.3 Å². The van der Waals surface area contributed by atoms with Crippen LogP contribution in [0.4, 0.5) is 0 Å². The number of rotatable bonds is 38. The van der Waals surface area contributed by atoms with Gasteiger partial charge in [0.15, 0.2) is 0 Å². The van der Waals surface area contributed by atoms with Crippen LogP contribution in [0.1, 0.15) is 104 Å². The van der Waals surface area contributed by atoms with Crippen LogP contribution in [-0.2, 0) is 78.3 Å². The summed E-state index contributed by atoms with van der Waals surface area (Å²) in [4.78, 5) is 201. The number of nitrogens with zero attached hydrogens (tertiary/aromatic N) is 2. The largest absolute Gasteiger partial charge is 0.481 e.